The van der Waals surface area contributed by atoms with Crippen molar-refractivity contribution < 1.29 is 0 Å². The lowest BCUT2D eigenvalue weighted by atomic mass is 10.0. The minimum absolute atomic E-state index is 1.09. The minimum Gasteiger partial charge on any atom is -0.310 e. The Morgan fingerprint density at radius 3 is 0.720 bits per heavy atom. The lowest BCUT2D eigenvalue weighted by Gasteiger charge is -2.27. The van der Waals surface area contributed by atoms with E-state index in [9.17, 15) is 0 Å². The van der Waals surface area contributed by atoms with Crippen molar-refractivity contribution in [2.24, 2.45) is 0 Å². The van der Waals surface area contributed by atoms with E-state index >= 15 is 0 Å². The zero-order chi connectivity index (χ0) is 33.5. The van der Waals surface area contributed by atoms with Crippen LogP contribution in [0.1, 0.15) is 0 Å². The predicted molar refractivity (Wildman–Crippen MR) is 212 cm³/mol. The number of anilines is 6. The van der Waals surface area contributed by atoms with Crippen molar-refractivity contribution >= 4 is 34.1 Å². The minimum atomic E-state index is 1.09. The Hall–Kier alpha value is -6.64. The van der Waals surface area contributed by atoms with Gasteiger partial charge in [0.05, 0.1) is 0 Å². The highest BCUT2D eigenvalue weighted by molar-refractivity contribution is 5.85. The van der Waals surface area contributed by atoms with Gasteiger partial charge in [0.2, 0.25) is 0 Å². The molecular formula is C48H36N2. The van der Waals surface area contributed by atoms with Crippen molar-refractivity contribution in [1.82, 2.24) is 0 Å². The SMILES string of the molecule is c1ccc(-c2cccc(N(c3cccc(-c4ccccc4)c3)c3cccc(-c4cccc(N(c5ccccc5)c5ccccc5)c4)c3)c2)cc1. The number of hydrogen-bond acceptors (Lipinski definition) is 2. The third-order valence-corrected chi connectivity index (χ3v) is 8.99. The molecule has 8 rings (SSSR count). The maximum absolute atomic E-state index is 2.37. The van der Waals surface area contributed by atoms with Crippen molar-refractivity contribution in [1.29, 1.82) is 0 Å². The van der Waals surface area contributed by atoms with Gasteiger partial charge in [-0.25, -0.2) is 0 Å². The topological polar surface area (TPSA) is 6.48 Å². The fourth-order valence-corrected chi connectivity index (χ4v) is 6.61. The molecule has 0 bridgehead atoms. The second-order valence-corrected chi connectivity index (χ2v) is 12.3. The summed E-state index contributed by atoms with van der Waals surface area (Å²) in [6, 6.07) is 77.7. The molecule has 0 aliphatic rings. The van der Waals surface area contributed by atoms with Gasteiger partial charge in [-0.2, -0.15) is 0 Å². The lowest BCUT2D eigenvalue weighted by molar-refractivity contribution is 1.28. The molecule has 2 nitrogen and oxygen atoms in total. The third-order valence-electron chi connectivity index (χ3n) is 8.99. The molecule has 0 atom stereocenters. The molecular weight excluding hydrogens is 605 g/mol. The van der Waals surface area contributed by atoms with Crippen molar-refractivity contribution in [2.45, 2.75) is 0 Å². The van der Waals surface area contributed by atoms with Gasteiger partial charge in [0.25, 0.3) is 0 Å². The number of benzene rings is 8. The number of nitrogens with zero attached hydrogens (tertiary/aromatic N) is 2. The van der Waals surface area contributed by atoms with Crippen LogP contribution in [0.4, 0.5) is 34.1 Å². The first-order chi connectivity index (χ1) is 24.8. The van der Waals surface area contributed by atoms with Gasteiger partial charge in [0.15, 0.2) is 0 Å². The highest BCUT2D eigenvalue weighted by Gasteiger charge is 2.17. The normalized spacial score (nSPS) is 10.8. The molecule has 0 amide bonds. The fourth-order valence-electron chi connectivity index (χ4n) is 6.61. The van der Waals surface area contributed by atoms with E-state index in [2.05, 4.69) is 228 Å². The summed E-state index contributed by atoms with van der Waals surface area (Å²) in [5.74, 6) is 0. The van der Waals surface area contributed by atoms with E-state index in [1.807, 2.05) is 0 Å². The first-order valence-electron chi connectivity index (χ1n) is 17.0. The van der Waals surface area contributed by atoms with Crippen LogP contribution in [0.5, 0.6) is 0 Å². The lowest BCUT2D eigenvalue weighted by Crippen LogP contribution is -2.10. The van der Waals surface area contributed by atoms with Gasteiger partial charge in [0.1, 0.15) is 0 Å². The van der Waals surface area contributed by atoms with E-state index < -0.39 is 0 Å². The molecule has 8 aromatic carbocycles. The highest BCUT2D eigenvalue weighted by Crippen LogP contribution is 2.41. The van der Waals surface area contributed by atoms with Gasteiger partial charge in [0, 0.05) is 34.1 Å². The van der Waals surface area contributed by atoms with Crippen LogP contribution in [0.15, 0.2) is 218 Å². The number of para-hydroxylation sites is 2. The summed E-state index contributed by atoms with van der Waals surface area (Å²) in [5, 5.41) is 0. The van der Waals surface area contributed by atoms with E-state index in [0.29, 0.717) is 0 Å². The van der Waals surface area contributed by atoms with Crippen LogP contribution in [0.3, 0.4) is 0 Å². The smallest absolute Gasteiger partial charge is 0.0467 e. The summed E-state index contributed by atoms with van der Waals surface area (Å²) in [4.78, 5) is 4.68. The quantitative estimate of drug-likeness (QED) is 0.155. The fraction of sp³-hybridized carbons (Fsp3) is 0. The first kappa shape index (κ1) is 30.7. The van der Waals surface area contributed by atoms with Gasteiger partial charge >= 0.3 is 0 Å². The first-order valence-corrected chi connectivity index (χ1v) is 17.0. The summed E-state index contributed by atoms with van der Waals surface area (Å²) in [6.45, 7) is 0. The summed E-state index contributed by atoms with van der Waals surface area (Å²) in [7, 11) is 0. The van der Waals surface area contributed by atoms with Gasteiger partial charge in [-0.15, -0.1) is 0 Å². The van der Waals surface area contributed by atoms with Crippen LogP contribution in [-0.2, 0) is 0 Å². The van der Waals surface area contributed by atoms with Crippen LogP contribution >= 0.6 is 0 Å². The molecule has 50 heavy (non-hydrogen) atoms. The van der Waals surface area contributed by atoms with Gasteiger partial charge < -0.3 is 9.80 Å². The summed E-state index contributed by atoms with van der Waals surface area (Å²) < 4.78 is 0. The van der Waals surface area contributed by atoms with Crippen molar-refractivity contribution in [3.05, 3.63) is 218 Å². The molecule has 0 spiro atoms. The zero-order valence-corrected chi connectivity index (χ0v) is 27.7. The number of hydrogen-bond donors (Lipinski definition) is 0. The average molecular weight is 641 g/mol. The van der Waals surface area contributed by atoms with Crippen LogP contribution in [0.25, 0.3) is 33.4 Å². The molecule has 238 valence electrons. The molecule has 8 aromatic rings. The molecule has 0 unspecified atom stereocenters. The molecule has 0 aromatic heterocycles. The Kier molecular flexibility index (Phi) is 8.73. The summed E-state index contributed by atoms with van der Waals surface area (Å²) >= 11 is 0. The van der Waals surface area contributed by atoms with E-state index in [4.69, 9.17) is 0 Å². The standard InChI is InChI=1S/C48H36N2/c1-5-17-37(18-6-1)39-21-13-30-46(33-39)50(47-31-14-22-40(34-47)38-19-7-2-8-20-38)48-32-16-24-42(36-48)41-23-15-29-45(35-41)49(43-25-9-3-10-26-43)44-27-11-4-12-28-44/h1-36H. The summed E-state index contributed by atoms with van der Waals surface area (Å²) in [5.41, 5.74) is 13.7. The molecule has 0 N–H and O–H groups in total. The molecule has 0 aliphatic carbocycles. The zero-order valence-electron chi connectivity index (χ0n) is 27.7. The molecule has 0 radical (unpaired) electrons. The van der Waals surface area contributed by atoms with Crippen molar-refractivity contribution in [2.75, 3.05) is 9.80 Å². The van der Waals surface area contributed by atoms with Crippen molar-refractivity contribution in [3.63, 3.8) is 0 Å². The van der Waals surface area contributed by atoms with E-state index in [-0.39, 0.29) is 0 Å². The second kappa shape index (κ2) is 14.2. The third kappa shape index (κ3) is 6.56. The van der Waals surface area contributed by atoms with Crippen LogP contribution < -0.4 is 9.80 Å². The molecule has 0 aliphatic heterocycles. The van der Waals surface area contributed by atoms with Crippen molar-refractivity contribution in [3.8, 4) is 33.4 Å². The van der Waals surface area contributed by atoms with E-state index in [0.717, 1.165) is 45.3 Å². The Labute approximate surface area is 294 Å². The molecule has 0 saturated heterocycles. The second-order valence-electron chi connectivity index (χ2n) is 12.3. The highest BCUT2D eigenvalue weighted by atomic mass is 15.1. The van der Waals surface area contributed by atoms with Crippen LogP contribution in [0, 0.1) is 0 Å². The Morgan fingerprint density at radius 2 is 0.400 bits per heavy atom. The Bertz CT molecular complexity index is 2190. The molecule has 0 fully saturated rings. The van der Waals surface area contributed by atoms with Gasteiger partial charge in [-0.3, -0.25) is 0 Å². The molecule has 2 heteroatoms. The Balaban J connectivity index is 1.24. The molecule has 0 heterocycles. The van der Waals surface area contributed by atoms with E-state index in [1.54, 1.807) is 0 Å². The Morgan fingerprint density at radius 1 is 0.180 bits per heavy atom. The van der Waals surface area contributed by atoms with Gasteiger partial charge in [-0.05, 0) is 106 Å². The molecule has 0 saturated carbocycles. The largest absolute Gasteiger partial charge is 0.310 e. The maximum atomic E-state index is 2.37. The number of rotatable bonds is 9. The maximum Gasteiger partial charge on any atom is 0.0467 e. The van der Waals surface area contributed by atoms with Crippen LogP contribution in [0.2, 0.25) is 0 Å². The monoisotopic (exact) mass is 640 g/mol. The van der Waals surface area contributed by atoms with Gasteiger partial charge in [-0.1, -0.05) is 146 Å². The van der Waals surface area contributed by atoms with Crippen LogP contribution in [-0.4, -0.2) is 0 Å². The summed E-state index contributed by atoms with van der Waals surface area (Å²) in [6.07, 6.45) is 0. The van der Waals surface area contributed by atoms with E-state index in [1.165, 1.54) is 22.3 Å². The predicted octanol–water partition coefficient (Wildman–Crippen LogP) is 13.6. The average Bonchev–Trinajstić information content (AvgIpc) is 3.20.